The molecular formula is C22H34N2O4. The van der Waals surface area contributed by atoms with Gasteiger partial charge in [0.15, 0.2) is 0 Å². The quantitative estimate of drug-likeness (QED) is 0.722. The summed E-state index contributed by atoms with van der Waals surface area (Å²) in [5.74, 6) is 0.979. The Kier molecular flexibility index (Phi) is 8.15. The minimum Gasteiger partial charge on any atom is -0.445 e. The predicted octanol–water partition coefficient (Wildman–Crippen LogP) is 4.59. The molecule has 1 N–H and O–H groups in total. The van der Waals surface area contributed by atoms with Gasteiger partial charge in [-0.2, -0.15) is 0 Å². The van der Waals surface area contributed by atoms with Crippen LogP contribution in [0.1, 0.15) is 52.5 Å². The Morgan fingerprint density at radius 3 is 2.61 bits per heavy atom. The maximum atomic E-state index is 12.3. The van der Waals surface area contributed by atoms with Crippen LogP contribution in [-0.2, 0) is 16.1 Å². The first-order valence-electron chi connectivity index (χ1n) is 10.2. The second kappa shape index (κ2) is 10.3. The van der Waals surface area contributed by atoms with E-state index in [-0.39, 0.29) is 12.7 Å². The molecule has 1 aliphatic heterocycles. The second-order valence-electron chi connectivity index (χ2n) is 8.58. The fraction of sp³-hybridized carbons (Fsp3) is 0.636. The highest BCUT2D eigenvalue weighted by Crippen LogP contribution is 2.27. The molecule has 1 saturated heterocycles. The number of carbonyl (C=O) groups excluding carboxylic acids is 2. The van der Waals surface area contributed by atoms with E-state index in [0.717, 1.165) is 31.4 Å². The minimum absolute atomic E-state index is 0.230. The topological polar surface area (TPSA) is 67.9 Å². The van der Waals surface area contributed by atoms with Crippen molar-refractivity contribution in [2.75, 3.05) is 19.6 Å². The zero-order chi connectivity index (χ0) is 20.6. The molecule has 28 heavy (non-hydrogen) atoms. The van der Waals surface area contributed by atoms with E-state index in [1.807, 2.05) is 56.0 Å². The number of piperidine rings is 1. The molecule has 156 valence electrons. The van der Waals surface area contributed by atoms with Gasteiger partial charge in [0.1, 0.15) is 12.2 Å². The van der Waals surface area contributed by atoms with E-state index in [0.29, 0.717) is 24.9 Å². The van der Waals surface area contributed by atoms with Gasteiger partial charge in [-0.05, 0) is 57.4 Å². The summed E-state index contributed by atoms with van der Waals surface area (Å²) in [6.07, 6.45) is 2.18. The van der Waals surface area contributed by atoms with Crippen LogP contribution in [0.2, 0.25) is 0 Å². The monoisotopic (exact) mass is 390 g/mol. The highest BCUT2D eigenvalue weighted by Gasteiger charge is 2.31. The van der Waals surface area contributed by atoms with Crippen molar-refractivity contribution in [2.45, 2.75) is 59.2 Å². The first-order valence-corrected chi connectivity index (χ1v) is 10.2. The van der Waals surface area contributed by atoms with Crippen LogP contribution in [0.15, 0.2) is 30.3 Å². The molecule has 0 aliphatic carbocycles. The van der Waals surface area contributed by atoms with Crippen molar-refractivity contribution in [2.24, 2.45) is 11.8 Å². The summed E-state index contributed by atoms with van der Waals surface area (Å²) < 4.78 is 10.7. The third-order valence-corrected chi connectivity index (χ3v) is 5.00. The van der Waals surface area contributed by atoms with Gasteiger partial charge < -0.3 is 19.7 Å². The largest absolute Gasteiger partial charge is 0.445 e. The zero-order valence-corrected chi connectivity index (χ0v) is 17.6. The molecule has 1 aliphatic rings. The standard InChI is InChI=1S/C22H34N2O4/c1-17-12-14-24(21(26)28-22(2,3)4)15-19(17)11-8-13-23-20(25)27-16-18-9-6-5-7-10-18/h5-7,9-10,17,19H,8,11-16H2,1-4H3,(H,23,25). The van der Waals surface area contributed by atoms with Crippen LogP contribution < -0.4 is 5.32 Å². The lowest BCUT2D eigenvalue weighted by atomic mass is 9.84. The van der Waals surface area contributed by atoms with E-state index >= 15 is 0 Å². The molecule has 1 aromatic carbocycles. The van der Waals surface area contributed by atoms with E-state index < -0.39 is 11.7 Å². The molecule has 1 heterocycles. The zero-order valence-electron chi connectivity index (χ0n) is 17.6. The Morgan fingerprint density at radius 2 is 1.93 bits per heavy atom. The van der Waals surface area contributed by atoms with Gasteiger partial charge in [0, 0.05) is 19.6 Å². The molecule has 2 amide bonds. The van der Waals surface area contributed by atoms with E-state index in [1.165, 1.54) is 0 Å². The molecule has 2 unspecified atom stereocenters. The van der Waals surface area contributed by atoms with Crippen molar-refractivity contribution in [1.82, 2.24) is 10.2 Å². The van der Waals surface area contributed by atoms with Gasteiger partial charge in [-0.15, -0.1) is 0 Å². The Hall–Kier alpha value is -2.24. The second-order valence-corrected chi connectivity index (χ2v) is 8.58. The number of likely N-dealkylation sites (tertiary alicyclic amines) is 1. The van der Waals surface area contributed by atoms with Gasteiger partial charge in [0.2, 0.25) is 0 Å². The van der Waals surface area contributed by atoms with Crippen LogP contribution in [0.5, 0.6) is 0 Å². The number of carbonyl (C=O) groups is 2. The highest BCUT2D eigenvalue weighted by atomic mass is 16.6. The number of benzene rings is 1. The first kappa shape index (κ1) is 22.1. The van der Waals surface area contributed by atoms with Gasteiger partial charge in [-0.25, -0.2) is 9.59 Å². The maximum absolute atomic E-state index is 12.3. The molecule has 0 spiro atoms. The summed E-state index contributed by atoms with van der Waals surface area (Å²) in [5, 5.41) is 2.81. The van der Waals surface area contributed by atoms with Crippen molar-refractivity contribution in [3.05, 3.63) is 35.9 Å². The number of alkyl carbamates (subject to hydrolysis) is 1. The molecule has 0 radical (unpaired) electrons. The molecule has 1 fully saturated rings. The summed E-state index contributed by atoms with van der Waals surface area (Å²) in [6, 6.07) is 9.62. The van der Waals surface area contributed by atoms with Crippen LogP contribution in [0.25, 0.3) is 0 Å². The molecule has 2 rings (SSSR count). The Labute approximate surface area is 168 Å². The van der Waals surface area contributed by atoms with Gasteiger partial charge in [0.05, 0.1) is 0 Å². The van der Waals surface area contributed by atoms with Crippen LogP contribution >= 0.6 is 0 Å². The van der Waals surface area contributed by atoms with Crippen LogP contribution in [0, 0.1) is 11.8 Å². The van der Waals surface area contributed by atoms with Gasteiger partial charge in [0.25, 0.3) is 0 Å². The van der Waals surface area contributed by atoms with Crippen LogP contribution in [0.3, 0.4) is 0 Å². The predicted molar refractivity (Wildman–Crippen MR) is 109 cm³/mol. The first-order chi connectivity index (χ1) is 13.2. The number of amides is 2. The van der Waals surface area contributed by atoms with E-state index in [2.05, 4.69) is 12.2 Å². The molecule has 2 atom stereocenters. The molecular weight excluding hydrogens is 356 g/mol. The summed E-state index contributed by atoms with van der Waals surface area (Å²) in [5.41, 5.74) is 0.496. The number of rotatable bonds is 6. The fourth-order valence-corrected chi connectivity index (χ4v) is 3.35. The number of hydrogen-bond donors (Lipinski definition) is 1. The lowest BCUT2D eigenvalue weighted by Gasteiger charge is -2.37. The summed E-state index contributed by atoms with van der Waals surface area (Å²) in [6.45, 7) is 10.2. The summed E-state index contributed by atoms with van der Waals surface area (Å²) in [7, 11) is 0. The van der Waals surface area contributed by atoms with E-state index in [9.17, 15) is 9.59 Å². The molecule has 0 aromatic heterocycles. The minimum atomic E-state index is -0.473. The van der Waals surface area contributed by atoms with E-state index in [4.69, 9.17) is 9.47 Å². The Balaban J connectivity index is 1.66. The smallest absolute Gasteiger partial charge is 0.410 e. The molecule has 0 saturated carbocycles. The maximum Gasteiger partial charge on any atom is 0.410 e. The number of hydrogen-bond acceptors (Lipinski definition) is 4. The third kappa shape index (κ3) is 7.79. The summed E-state index contributed by atoms with van der Waals surface area (Å²) in [4.78, 5) is 25.9. The number of ether oxygens (including phenoxy) is 2. The van der Waals surface area contributed by atoms with Crippen LogP contribution in [0.4, 0.5) is 9.59 Å². The Bertz CT molecular complexity index is 627. The van der Waals surface area contributed by atoms with Gasteiger partial charge in [-0.1, -0.05) is 37.3 Å². The van der Waals surface area contributed by atoms with Crippen molar-refractivity contribution < 1.29 is 19.1 Å². The lowest BCUT2D eigenvalue weighted by Crippen LogP contribution is -2.45. The SMILES string of the molecule is CC1CCN(C(=O)OC(C)(C)C)CC1CCCNC(=O)OCc1ccccc1. The number of nitrogens with one attached hydrogen (secondary N) is 1. The summed E-state index contributed by atoms with van der Waals surface area (Å²) >= 11 is 0. The highest BCUT2D eigenvalue weighted by molar-refractivity contribution is 5.68. The fourth-order valence-electron chi connectivity index (χ4n) is 3.35. The molecule has 6 nitrogen and oxygen atoms in total. The average Bonchev–Trinajstić information content (AvgIpc) is 2.64. The van der Waals surface area contributed by atoms with Crippen molar-refractivity contribution in [1.29, 1.82) is 0 Å². The van der Waals surface area contributed by atoms with Crippen molar-refractivity contribution in [3.63, 3.8) is 0 Å². The molecule has 0 bridgehead atoms. The molecule has 1 aromatic rings. The lowest BCUT2D eigenvalue weighted by molar-refractivity contribution is 0.0106. The molecule has 6 heteroatoms. The van der Waals surface area contributed by atoms with E-state index in [1.54, 1.807) is 0 Å². The van der Waals surface area contributed by atoms with Gasteiger partial charge >= 0.3 is 12.2 Å². The third-order valence-electron chi connectivity index (χ3n) is 5.00. The van der Waals surface area contributed by atoms with Crippen molar-refractivity contribution in [3.8, 4) is 0 Å². The number of nitrogens with zero attached hydrogens (tertiary/aromatic N) is 1. The average molecular weight is 391 g/mol. The van der Waals surface area contributed by atoms with Crippen LogP contribution in [-0.4, -0.2) is 42.3 Å². The normalized spacial score (nSPS) is 19.8. The Morgan fingerprint density at radius 1 is 1.21 bits per heavy atom. The van der Waals surface area contributed by atoms with Gasteiger partial charge in [-0.3, -0.25) is 0 Å². The van der Waals surface area contributed by atoms with Crippen molar-refractivity contribution >= 4 is 12.2 Å².